The maximum atomic E-state index is 13.2. The maximum absolute atomic E-state index is 13.2. The fraction of sp³-hybridized carbons (Fsp3) is 0.462. The Balaban J connectivity index is 0.00000456. The van der Waals surface area contributed by atoms with Crippen LogP contribution in [0.2, 0.25) is 13.3 Å². The van der Waals surface area contributed by atoms with Crippen LogP contribution in [0.3, 0.4) is 0 Å². The van der Waals surface area contributed by atoms with Gasteiger partial charge in [-0.15, -0.1) is 0 Å². The van der Waals surface area contributed by atoms with Crippen LogP contribution in [-0.2, 0) is 4.57 Å². The largest absolute Gasteiger partial charge is 0.344 e. The number of para-hydroxylation sites is 1. The molecule has 1 aromatic heterocycles. The van der Waals surface area contributed by atoms with E-state index in [0.717, 1.165) is 0 Å². The first-order valence-electron chi connectivity index (χ1n) is 12.6. The number of rotatable bonds is 13. The second-order valence-electron chi connectivity index (χ2n) is 9.32. The number of fused-ring (bicyclic) bond motifs is 1. The number of nitrogens with zero attached hydrogens (tertiary/aromatic N) is 1. The zero-order valence-electron chi connectivity index (χ0n) is 21.6. The molecule has 36 heavy (non-hydrogen) atoms. The zero-order chi connectivity index (χ0) is 25.5. The van der Waals surface area contributed by atoms with Gasteiger partial charge in [-0.05, 0) is 0 Å². The number of phosphoric acid groups is 1. The van der Waals surface area contributed by atoms with Gasteiger partial charge in [-0.3, -0.25) is 0 Å². The normalized spacial score (nSPS) is 11.9. The van der Waals surface area contributed by atoms with Crippen molar-refractivity contribution in [2.45, 2.75) is 72.6 Å². The molecule has 8 nitrogen and oxygen atoms in total. The molecule has 0 aliphatic rings. The molecule has 0 saturated heterocycles. The van der Waals surface area contributed by atoms with E-state index in [2.05, 4.69) is 42.9 Å². The second-order valence-corrected chi connectivity index (χ2v) is 23.7. The van der Waals surface area contributed by atoms with Gasteiger partial charge in [0.25, 0.3) is 0 Å². The quantitative estimate of drug-likeness (QED) is 0.129. The van der Waals surface area contributed by atoms with Crippen LogP contribution >= 0.6 is 7.82 Å². The zero-order valence-corrected chi connectivity index (χ0v) is 25.4. The minimum Gasteiger partial charge on any atom is -0.344 e. The first-order chi connectivity index (χ1) is 16.7. The number of H-pyrrole nitrogens is 1. The summed E-state index contributed by atoms with van der Waals surface area (Å²) in [6, 6.07) is 12.6. The van der Waals surface area contributed by atoms with Crippen LogP contribution < -0.4 is 19.8 Å². The third-order valence-corrected chi connectivity index (χ3v) is 22.7. The minimum atomic E-state index is -4.76. The molecule has 3 aromatic rings. The van der Waals surface area contributed by atoms with Crippen molar-refractivity contribution in [1.29, 1.82) is 0 Å². The molecule has 198 valence electrons. The molecule has 0 bridgehead atoms. The summed E-state index contributed by atoms with van der Waals surface area (Å²) < 4.78 is 21.6. The van der Waals surface area contributed by atoms with Crippen molar-refractivity contribution in [3.63, 3.8) is 0 Å². The number of aromatic amines is 1. The number of unbranched alkanes of at least 4 members (excludes halogenated alkanes) is 3. The van der Waals surface area contributed by atoms with Gasteiger partial charge in [0.2, 0.25) is 0 Å². The summed E-state index contributed by atoms with van der Waals surface area (Å²) in [7, 11) is -4.76. The van der Waals surface area contributed by atoms with Crippen LogP contribution in [0.25, 0.3) is 22.3 Å². The average Bonchev–Trinajstić information content (AvgIpc) is 2.83. The van der Waals surface area contributed by atoms with Crippen LogP contribution in [-0.4, -0.2) is 38.1 Å². The number of nitrogens with one attached hydrogen (secondary N) is 1. The molecule has 0 spiro atoms. The Kier molecular flexibility index (Phi) is 11.6. The van der Waals surface area contributed by atoms with Crippen molar-refractivity contribution in [3.8, 4) is 17.1 Å². The Morgan fingerprint density at radius 2 is 1.53 bits per heavy atom. The first-order valence-corrected chi connectivity index (χ1v) is 21.6. The molecule has 0 amide bonds. The van der Waals surface area contributed by atoms with E-state index in [1.807, 2.05) is 6.07 Å². The Bertz CT molecular complexity index is 1220. The first kappa shape index (κ1) is 30.5. The minimum absolute atomic E-state index is 0. The fourth-order valence-corrected chi connectivity index (χ4v) is 21.2. The molecule has 0 atom stereocenters. The third kappa shape index (κ3) is 7.65. The van der Waals surface area contributed by atoms with Crippen molar-refractivity contribution in [1.82, 2.24) is 16.1 Å². The molecular formula is C26H40N3O5PSn. The summed E-state index contributed by atoms with van der Waals surface area (Å²) in [5.41, 5.74) is 0.640. The topological polar surface area (TPSA) is 148 Å². The molecule has 1 heterocycles. The van der Waals surface area contributed by atoms with Crippen molar-refractivity contribution >= 4 is 40.7 Å². The third-order valence-electron chi connectivity index (χ3n) is 6.70. The monoisotopic (exact) mass is 625 g/mol. The van der Waals surface area contributed by atoms with Crippen molar-refractivity contribution in [2.24, 2.45) is 0 Å². The maximum Gasteiger partial charge on any atom is -0.344 e. The Morgan fingerprint density at radius 3 is 2.08 bits per heavy atom. The van der Waals surface area contributed by atoms with E-state index >= 15 is 0 Å². The molecule has 0 unspecified atom stereocenters. The number of benzene rings is 2. The van der Waals surface area contributed by atoms with Gasteiger partial charge in [-0.1, -0.05) is 0 Å². The molecule has 6 N–H and O–H groups in total. The molecule has 0 fully saturated rings. The van der Waals surface area contributed by atoms with Gasteiger partial charge in [0.1, 0.15) is 0 Å². The van der Waals surface area contributed by atoms with E-state index in [9.17, 15) is 19.1 Å². The van der Waals surface area contributed by atoms with Crippen LogP contribution in [0.15, 0.2) is 47.3 Å². The van der Waals surface area contributed by atoms with Gasteiger partial charge in [0.05, 0.1) is 0 Å². The number of phosphoric ester groups is 1. The van der Waals surface area contributed by atoms with E-state index in [4.69, 9.17) is 4.52 Å². The Hall–Kier alpha value is -1.71. The number of aromatic nitrogens is 2. The van der Waals surface area contributed by atoms with Crippen LogP contribution in [0.4, 0.5) is 0 Å². The summed E-state index contributed by atoms with van der Waals surface area (Å²) in [5.74, 6) is 0.186. The van der Waals surface area contributed by atoms with Crippen LogP contribution in [0.5, 0.6) is 5.75 Å². The summed E-state index contributed by atoms with van der Waals surface area (Å²) in [5, 5.41) is 0.574. The van der Waals surface area contributed by atoms with E-state index in [-0.39, 0.29) is 23.3 Å². The molecule has 0 aliphatic heterocycles. The number of hydrogen-bond acceptors (Lipinski definition) is 5. The molecule has 10 heteroatoms. The summed E-state index contributed by atoms with van der Waals surface area (Å²) in [6.45, 7) is 6.75. The molecule has 0 radical (unpaired) electrons. The summed E-state index contributed by atoms with van der Waals surface area (Å²) in [6.07, 6.45) is 7.28. The number of hydrogen-bond donors (Lipinski definition) is 4. The van der Waals surface area contributed by atoms with Gasteiger partial charge < -0.3 is 6.15 Å². The van der Waals surface area contributed by atoms with Crippen molar-refractivity contribution in [3.05, 3.63) is 52.8 Å². The molecule has 3 rings (SSSR count). The Labute approximate surface area is 217 Å². The predicted molar refractivity (Wildman–Crippen MR) is 150 cm³/mol. The van der Waals surface area contributed by atoms with E-state index in [0.29, 0.717) is 16.5 Å². The van der Waals surface area contributed by atoms with Crippen molar-refractivity contribution < 1.29 is 18.9 Å². The molecule has 2 aromatic carbocycles. The van der Waals surface area contributed by atoms with E-state index in [1.54, 1.807) is 18.2 Å². The van der Waals surface area contributed by atoms with Gasteiger partial charge >= 0.3 is 212 Å². The van der Waals surface area contributed by atoms with Gasteiger partial charge in [0.15, 0.2) is 0 Å². The van der Waals surface area contributed by atoms with E-state index < -0.39 is 26.2 Å². The van der Waals surface area contributed by atoms with Crippen molar-refractivity contribution in [2.75, 3.05) is 0 Å². The molecule has 0 aliphatic carbocycles. The predicted octanol–water partition coefficient (Wildman–Crippen LogP) is 6.28. The van der Waals surface area contributed by atoms with E-state index in [1.165, 1.54) is 61.5 Å². The average molecular weight is 624 g/mol. The summed E-state index contributed by atoms with van der Waals surface area (Å²) in [4.78, 5) is 39.2. The van der Waals surface area contributed by atoms with Crippen LogP contribution in [0, 0.1) is 0 Å². The van der Waals surface area contributed by atoms with Gasteiger partial charge in [-0.25, -0.2) is 0 Å². The molecular weight excluding hydrogens is 584 g/mol. The SMILES string of the molecule is CCC[CH2][Sn]([CH2]CCC)([CH2]CCC)[c]1ccc2nc(-c3ccccc3OP(=O)(O)O)[nH]c(=O)c2c1.N. The van der Waals surface area contributed by atoms with Crippen LogP contribution in [0.1, 0.15) is 59.3 Å². The fourth-order valence-electron chi connectivity index (χ4n) is 4.82. The Morgan fingerprint density at radius 1 is 0.944 bits per heavy atom. The summed E-state index contributed by atoms with van der Waals surface area (Å²) >= 11 is -2.71. The molecule has 0 saturated carbocycles. The van der Waals surface area contributed by atoms with Gasteiger partial charge in [0, 0.05) is 0 Å². The second kappa shape index (κ2) is 13.7. The smallest absolute Gasteiger partial charge is 0.344 e. The standard InChI is InChI=1S/C14H10N2O5P.3C4H9.H3N.Sn/c17-14-9-5-1-3-7-11(9)15-13(16-14)10-6-2-4-8-12(10)21-22(18,19)20;3*1-3-4-2;;/h2-8H,(H,15,16,17)(H2,18,19,20);3*1,3-4H2,2H3;1H3;. The van der Waals surface area contributed by atoms with Gasteiger partial charge in [-0.2, -0.15) is 0 Å².